The van der Waals surface area contributed by atoms with Crippen molar-refractivity contribution < 1.29 is 27.1 Å². The van der Waals surface area contributed by atoms with E-state index in [0.717, 1.165) is 0 Å². The maximum Gasteiger partial charge on any atom is 0.271 e. The molecular weight excluding hydrogens is 422 g/mol. The fourth-order valence-corrected chi connectivity index (χ4v) is 3.62. The summed E-state index contributed by atoms with van der Waals surface area (Å²) >= 11 is 0. The first-order valence-corrected chi connectivity index (χ1v) is 10.6. The molecule has 3 rings (SSSR count). The average molecular weight is 443 g/mol. The van der Waals surface area contributed by atoms with Gasteiger partial charge in [0.25, 0.3) is 5.91 Å². The van der Waals surface area contributed by atoms with Gasteiger partial charge < -0.3 is 13.9 Å². The van der Waals surface area contributed by atoms with Crippen LogP contribution in [0.15, 0.2) is 75.1 Å². The van der Waals surface area contributed by atoms with Crippen molar-refractivity contribution in [3.05, 3.63) is 77.7 Å². The lowest BCUT2D eigenvalue weighted by molar-refractivity contribution is 0.0954. The summed E-state index contributed by atoms with van der Waals surface area (Å²) in [5, 5.41) is 3.86. The van der Waals surface area contributed by atoms with Gasteiger partial charge in [0.2, 0.25) is 10.0 Å². The van der Waals surface area contributed by atoms with Crippen molar-refractivity contribution >= 4 is 22.1 Å². The lowest BCUT2D eigenvalue weighted by Crippen LogP contribution is -2.22. The molecule has 0 aliphatic rings. The quantitative estimate of drug-likeness (QED) is 0.387. The summed E-state index contributed by atoms with van der Waals surface area (Å²) in [7, 11) is -0.654. The zero-order chi connectivity index (χ0) is 22.3. The highest BCUT2D eigenvalue weighted by Gasteiger charge is 2.14. The number of sulfonamides is 1. The summed E-state index contributed by atoms with van der Waals surface area (Å²) in [4.78, 5) is 12.4. The van der Waals surface area contributed by atoms with E-state index in [0.29, 0.717) is 28.6 Å². The van der Waals surface area contributed by atoms with Crippen molar-refractivity contribution in [2.75, 3.05) is 14.2 Å². The Morgan fingerprint density at radius 1 is 1.03 bits per heavy atom. The molecule has 0 bridgehead atoms. The SMILES string of the molecule is COc1ccc(C(=O)N/N=C\c2ccc(CNS(=O)(=O)c3ccccc3)o2)cc1OC. The molecule has 1 heterocycles. The first kappa shape index (κ1) is 22.1. The molecule has 9 nitrogen and oxygen atoms in total. The van der Waals surface area contributed by atoms with E-state index in [1.807, 2.05) is 0 Å². The Morgan fingerprint density at radius 2 is 1.77 bits per heavy atom. The molecule has 0 atom stereocenters. The smallest absolute Gasteiger partial charge is 0.271 e. The number of ether oxygens (including phenoxy) is 2. The molecule has 10 heteroatoms. The van der Waals surface area contributed by atoms with Gasteiger partial charge in [-0.3, -0.25) is 4.79 Å². The fourth-order valence-electron chi connectivity index (χ4n) is 2.60. The molecule has 0 saturated heterocycles. The number of hydrazone groups is 1. The number of rotatable bonds is 9. The normalized spacial score (nSPS) is 11.4. The Bertz CT molecular complexity index is 1170. The third-order valence-corrected chi connectivity index (χ3v) is 5.59. The van der Waals surface area contributed by atoms with E-state index in [1.165, 1.54) is 38.6 Å². The van der Waals surface area contributed by atoms with Crippen molar-refractivity contribution in [3.63, 3.8) is 0 Å². The van der Waals surface area contributed by atoms with Gasteiger partial charge in [0.1, 0.15) is 11.5 Å². The highest BCUT2D eigenvalue weighted by molar-refractivity contribution is 7.89. The maximum absolute atomic E-state index is 12.2. The minimum absolute atomic E-state index is 0.0247. The first-order valence-electron chi connectivity index (χ1n) is 9.12. The molecule has 0 fully saturated rings. The second-order valence-electron chi connectivity index (χ2n) is 6.21. The van der Waals surface area contributed by atoms with Gasteiger partial charge >= 0.3 is 0 Å². The molecule has 0 saturated carbocycles. The average Bonchev–Trinajstić information content (AvgIpc) is 3.25. The third-order valence-electron chi connectivity index (χ3n) is 4.18. The van der Waals surface area contributed by atoms with Crippen molar-refractivity contribution in [2.45, 2.75) is 11.4 Å². The summed E-state index contributed by atoms with van der Waals surface area (Å²) in [5.74, 6) is 1.23. The molecule has 3 aromatic rings. The van der Waals surface area contributed by atoms with E-state index >= 15 is 0 Å². The molecule has 2 N–H and O–H groups in total. The molecule has 1 amide bonds. The summed E-state index contributed by atoms with van der Waals surface area (Å²) in [5.41, 5.74) is 2.72. The van der Waals surface area contributed by atoms with Gasteiger partial charge in [-0.1, -0.05) is 18.2 Å². The number of methoxy groups -OCH3 is 2. The summed E-state index contributed by atoms with van der Waals surface area (Å²) in [6, 6.07) is 16.0. The van der Waals surface area contributed by atoms with Gasteiger partial charge in [-0.2, -0.15) is 5.10 Å². The molecule has 0 radical (unpaired) electrons. The molecule has 0 aliphatic carbocycles. The number of nitrogens with one attached hydrogen (secondary N) is 2. The lowest BCUT2D eigenvalue weighted by atomic mass is 10.2. The Labute approximate surface area is 179 Å². The number of furan rings is 1. The van der Waals surface area contributed by atoms with E-state index in [-0.39, 0.29) is 11.4 Å². The number of carbonyl (C=O) groups excluding carboxylic acids is 1. The monoisotopic (exact) mass is 443 g/mol. The summed E-state index contributed by atoms with van der Waals surface area (Å²) in [6.07, 6.45) is 1.31. The van der Waals surface area contributed by atoms with Crippen LogP contribution < -0.4 is 19.6 Å². The van der Waals surface area contributed by atoms with Crippen LogP contribution >= 0.6 is 0 Å². The topological polar surface area (TPSA) is 119 Å². The highest BCUT2D eigenvalue weighted by Crippen LogP contribution is 2.27. The Balaban J connectivity index is 1.56. The van der Waals surface area contributed by atoms with Crippen LogP contribution in [0.5, 0.6) is 11.5 Å². The number of benzene rings is 2. The third kappa shape index (κ3) is 5.71. The lowest BCUT2D eigenvalue weighted by Gasteiger charge is -2.08. The predicted octanol–water partition coefficient (Wildman–Crippen LogP) is 2.54. The zero-order valence-corrected chi connectivity index (χ0v) is 17.7. The van der Waals surface area contributed by atoms with E-state index < -0.39 is 15.9 Å². The molecule has 1 aromatic heterocycles. The number of hydrogen-bond donors (Lipinski definition) is 2. The van der Waals surface area contributed by atoms with Crippen molar-refractivity contribution in [3.8, 4) is 11.5 Å². The van der Waals surface area contributed by atoms with Crippen molar-refractivity contribution in [1.29, 1.82) is 0 Å². The summed E-state index contributed by atoms with van der Waals surface area (Å²) < 4.78 is 42.7. The Kier molecular flexibility index (Phi) is 7.06. The van der Waals surface area contributed by atoms with Gasteiger partial charge in [-0.15, -0.1) is 0 Å². The van der Waals surface area contributed by atoms with E-state index in [4.69, 9.17) is 13.9 Å². The second-order valence-corrected chi connectivity index (χ2v) is 7.98. The van der Waals surface area contributed by atoms with Gasteiger partial charge in [-0.05, 0) is 42.5 Å². The highest BCUT2D eigenvalue weighted by atomic mass is 32.2. The zero-order valence-electron chi connectivity index (χ0n) is 16.9. The fraction of sp³-hybridized carbons (Fsp3) is 0.143. The number of nitrogens with zero attached hydrogens (tertiary/aromatic N) is 1. The van der Waals surface area contributed by atoms with E-state index in [9.17, 15) is 13.2 Å². The van der Waals surface area contributed by atoms with Gasteiger partial charge in [0.05, 0.1) is 31.9 Å². The van der Waals surface area contributed by atoms with Gasteiger partial charge in [0, 0.05) is 5.56 Å². The molecule has 0 unspecified atom stereocenters. The minimum atomic E-state index is -3.64. The van der Waals surface area contributed by atoms with Crippen LogP contribution in [0.4, 0.5) is 0 Å². The second kappa shape index (κ2) is 9.92. The van der Waals surface area contributed by atoms with Gasteiger partial charge in [0.15, 0.2) is 11.5 Å². The van der Waals surface area contributed by atoms with Crippen LogP contribution in [0.1, 0.15) is 21.9 Å². The van der Waals surface area contributed by atoms with Gasteiger partial charge in [-0.25, -0.2) is 18.6 Å². The van der Waals surface area contributed by atoms with Crippen molar-refractivity contribution in [1.82, 2.24) is 10.1 Å². The van der Waals surface area contributed by atoms with Crippen molar-refractivity contribution in [2.24, 2.45) is 5.10 Å². The number of carbonyl (C=O) groups is 1. The number of hydrogen-bond acceptors (Lipinski definition) is 7. The summed E-state index contributed by atoms with van der Waals surface area (Å²) in [6.45, 7) is -0.0247. The Hall–Kier alpha value is -3.63. The molecular formula is C21H21N3O6S. The molecule has 0 aliphatic heterocycles. The van der Waals surface area contributed by atoms with E-state index in [1.54, 1.807) is 42.5 Å². The minimum Gasteiger partial charge on any atom is -0.493 e. The van der Waals surface area contributed by atoms with Crippen LogP contribution in [0, 0.1) is 0 Å². The molecule has 2 aromatic carbocycles. The molecule has 162 valence electrons. The predicted molar refractivity (Wildman–Crippen MR) is 114 cm³/mol. The Morgan fingerprint density at radius 3 is 2.48 bits per heavy atom. The number of amides is 1. The molecule has 0 spiro atoms. The van der Waals surface area contributed by atoms with E-state index in [2.05, 4.69) is 15.2 Å². The van der Waals surface area contributed by atoms with Crippen LogP contribution in [0.3, 0.4) is 0 Å². The van der Waals surface area contributed by atoms with Crippen LogP contribution in [-0.2, 0) is 16.6 Å². The van der Waals surface area contributed by atoms with Crippen LogP contribution in [-0.4, -0.2) is 34.8 Å². The molecule has 31 heavy (non-hydrogen) atoms. The largest absolute Gasteiger partial charge is 0.493 e. The van der Waals surface area contributed by atoms with Crippen LogP contribution in [0.25, 0.3) is 0 Å². The first-order chi connectivity index (χ1) is 14.9. The standard InChI is InChI=1S/C21H21N3O6S/c1-28-19-11-8-15(12-20(19)29-2)21(25)24-22-13-16-9-10-17(30-16)14-23-31(26,27)18-6-4-3-5-7-18/h3-13,23H,14H2,1-2H3,(H,24,25)/b22-13-. The van der Waals surface area contributed by atoms with Crippen LogP contribution in [0.2, 0.25) is 0 Å². The maximum atomic E-state index is 12.2.